The molecule has 3 nitrogen and oxygen atoms in total. The van der Waals surface area contributed by atoms with Gasteiger partial charge in [-0.05, 0) is 49.4 Å². The van der Waals surface area contributed by atoms with Crippen molar-refractivity contribution in [2.75, 3.05) is 7.11 Å². The van der Waals surface area contributed by atoms with Crippen LogP contribution in [0.25, 0.3) is 16.9 Å². The molecule has 0 spiro atoms. The van der Waals surface area contributed by atoms with Gasteiger partial charge in [0.2, 0.25) is 0 Å². The van der Waals surface area contributed by atoms with Crippen molar-refractivity contribution in [3.8, 4) is 22.7 Å². The third-order valence-corrected chi connectivity index (χ3v) is 5.13. The molecule has 127 valence electrons. The van der Waals surface area contributed by atoms with Crippen LogP contribution in [0, 0.1) is 12.8 Å². The van der Waals surface area contributed by atoms with Crippen molar-refractivity contribution in [3.05, 3.63) is 71.7 Å². The molecule has 1 aromatic heterocycles. The van der Waals surface area contributed by atoms with Crippen LogP contribution < -0.4 is 4.74 Å². The summed E-state index contributed by atoms with van der Waals surface area (Å²) in [6.07, 6.45) is 2.94. The summed E-state index contributed by atoms with van der Waals surface area (Å²) in [6, 6.07) is 16.0. The van der Waals surface area contributed by atoms with Crippen LogP contribution in [0.15, 0.2) is 48.5 Å². The number of benzene rings is 2. The molecule has 1 aliphatic carbocycles. The third-order valence-electron chi connectivity index (χ3n) is 4.88. The van der Waals surface area contributed by atoms with Crippen LogP contribution >= 0.6 is 11.6 Å². The molecule has 3 aromatic rings. The average molecular weight is 352 g/mol. The first-order valence-electron chi connectivity index (χ1n) is 8.50. The maximum atomic E-state index is 6.09. The summed E-state index contributed by atoms with van der Waals surface area (Å²) in [6.45, 7) is 4.08. The molecule has 1 atom stereocenters. The van der Waals surface area contributed by atoms with E-state index in [1.54, 1.807) is 7.11 Å². The van der Waals surface area contributed by atoms with Gasteiger partial charge in [0.1, 0.15) is 11.4 Å². The van der Waals surface area contributed by atoms with Crippen LogP contribution in [-0.2, 0) is 12.8 Å². The standard InChI is InChI=1S/C21H20ClN2O/c1-3-14-12-17-18(13-14)23-24(19-6-4-5-7-20(19)25-2)21(17)15-8-10-16(22)11-9-15/h4-11,14H,1,3,12-13H2,2H3. The predicted molar refractivity (Wildman–Crippen MR) is 101 cm³/mol. The minimum absolute atomic E-state index is 0.580. The van der Waals surface area contributed by atoms with E-state index in [2.05, 4.69) is 19.1 Å². The van der Waals surface area contributed by atoms with Gasteiger partial charge in [0, 0.05) is 16.1 Å². The summed E-state index contributed by atoms with van der Waals surface area (Å²) < 4.78 is 7.58. The number of para-hydroxylation sites is 2. The van der Waals surface area contributed by atoms with Crippen LogP contribution in [0.1, 0.15) is 17.7 Å². The SMILES string of the molecule is [CH2]CC1Cc2nn(-c3ccccc3OC)c(-c3ccc(Cl)cc3)c2C1. The highest BCUT2D eigenvalue weighted by atomic mass is 35.5. The van der Waals surface area contributed by atoms with Gasteiger partial charge in [-0.2, -0.15) is 5.10 Å². The lowest BCUT2D eigenvalue weighted by atomic mass is 10.0. The second kappa shape index (κ2) is 6.57. The topological polar surface area (TPSA) is 27.1 Å². The van der Waals surface area contributed by atoms with Crippen molar-refractivity contribution in [2.45, 2.75) is 19.3 Å². The highest BCUT2D eigenvalue weighted by Crippen LogP contribution is 2.39. The molecular formula is C21H20ClN2O. The molecule has 0 amide bonds. The van der Waals surface area contributed by atoms with E-state index in [1.165, 1.54) is 11.3 Å². The minimum atomic E-state index is 0.580. The van der Waals surface area contributed by atoms with Gasteiger partial charge >= 0.3 is 0 Å². The highest BCUT2D eigenvalue weighted by Gasteiger charge is 2.29. The first kappa shape index (κ1) is 16.2. The van der Waals surface area contributed by atoms with Gasteiger partial charge in [0.05, 0.1) is 18.5 Å². The summed E-state index contributed by atoms with van der Waals surface area (Å²) >= 11 is 6.09. The van der Waals surface area contributed by atoms with Crippen molar-refractivity contribution < 1.29 is 4.74 Å². The molecule has 0 aliphatic heterocycles. The van der Waals surface area contributed by atoms with E-state index in [0.29, 0.717) is 5.92 Å². The summed E-state index contributed by atoms with van der Waals surface area (Å²) in [5, 5.41) is 5.68. The monoisotopic (exact) mass is 351 g/mol. The molecule has 0 N–H and O–H groups in total. The Bertz CT molecular complexity index is 899. The van der Waals surface area contributed by atoms with Crippen molar-refractivity contribution in [1.29, 1.82) is 0 Å². The number of halogens is 1. The molecule has 1 aliphatic rings. The number of hydrogen-bond donors (Lipinski definition) is 0. The third kappa shape index (κ3) is 2.83. The molecule has 1 unspecified atom stereocenters. The van der Waals surface area contributed by atoms with Gasteiger partial charge in [-0.3, -0.25) is 0 Å². The molecule has 0 bridgehead atoms. The van der Waals surface area contributed by atoms with Crippen LogP contribution in [0.3, 0.4) is 0 Å². The second-order valence-corrected chi connectivity index (χ2v) is 6.86. The molecule has 2 aromatic carbocycles. The van der Waals surface area contributed by atoms with Gasteiger partial charge in [0.15, 0.2) is 0 Å². The van der Waals surface area contributed by atoms with Gasteiger partial charge in [-0.15, -0.1) is 0 Å². The smallest absolute Gasteiger partial charge is 0.144 e. The van der Waals surface area contributed by atoms with E-state index in [1.807, 2.05) is 41.1 Å². The molecule has 25 heavy (non-hydrogen) atoms. The first-order valence-corrected chi connectivity index (χ1v) is 8.88. The van der Waals surface area contributed by atoms with Crippen LogP contribution in [0.4, 0.5) is 0 Å². The van der Waals surface area contributed by atoms with E-state index < -0.39 is 0 Å². The zero-order chi connectivity index (χ0) is 17.4. The predicted octanol–water partition coefficient (Wildman–Crippen LogP) is 5.14. The number of aromatic nitrogens is 2. The van der Waals surface area contributed by atoms with Crippen molar-refractivity contribution in [1.82, 2.24) is 9.78 Å². The van der Waals surface area contributed by atoms with E-state index >= 15 is 0 Å². The highest BCUT2D eigenvalue weighted by molar-refractivity contribution is 6.30. The summed E-state index contributed by atoms with van der Waals surface area (Å²) in [5.41, 5.74) is 5.70. The zero-order valence-electron chi connectivity index (χ0n) is 14.2. The average Bonchev–Trinajstić information content (AvgIpc) is 3.20. The van der Waals surface area contributed by atoms with Gasteiger partial charge in [0.25, 0.3) is 0 Å². The lowest BCUT2D eigenvalue weighted by Gasteiger charge is -2.14. The van der Waals surface area contributed by atoms with Gasteiger partial charge in [-0.25, -0.2) is 4.68 Å². The molecular weight excluding hydrogens is 332 g/mol. The Balaban J connectivity index is 1.92. The van der Waals surface area contributed by atoms with Gasteiger partial charge < -0.3 is 4.74 Å². The van der Waals surface area contributed by atoms with E-state index in [4.69, 9.17) is 21.4 Å². The Kier molecular flexibility index (Phi) is 4.26. The second-order valence-electron chi connectivity index (χ2n) is 6.43. The fraction of sp³-hybridized carbons (Fsp3) is 0.238. The van der Waals surface area contributed by atoms with E-state index in [9.17, 15) is 0 Å². The largest absolute Gasteiger partial charge is 0.494 e. The van der Waals surface area contributed by atoms with Gasteiger partial charge in [-0.1, -0.05) is 42.8 Å². The molecule has 1 heterocycles. The van der Waals surface area contributed by atoms with E-state index in [0.717, 1.165) is 47.0 Å². The number of nitrogens with zero attached hydrogens (tertiary/aromatic N) is 2. The normalized spacial score (nSPS) is 16.0. The Morgan fingerprint density at radius 3 is 2.64 bits per heavy atom. The number of fused-ring (bicyclic) bond motifs is 1. The number of ether oxygens (including phenoxy) is 1. The van der Waals surface area contributed by atoms with Crippen LogP contribution in [-0.4, -0.2) is 16.9 Å². The Morgan fingerprint density at radius 1 is 1.16 bits per heavy atom. The number of rotatable bonds is 4. The quantitative estimate of drug-likeness (QED) is 0.650. The molecule has 4 heteroatoms. The van der Waals surface area contributed by atoms with Crippen molar-refractivity contribution >= 4 is 11.6 Å². The molecule has 0 saturated heterocycles. The summed E-state index contributed by atoms with van der Waals surface area (Å²) in [5.74, 6) is 1.39. The van der Waals surface area contributed by atoms with Crippen molar-refractivity contribution in [3.63, 3.8) is 0 Å². The molecule has 1 radical (unpaired) electrons. The maximum Gasteiger partial charge on any atom is 0.144 e. The van der Waals surface area contributed by atoms with Crippen LogP contribution in [0.5, 0.6) is 5.75 Å². The molecule has 0 fully saturated rings. The minimum Gasteiger partial charge on any atom is -0.494 e. The Morgan fingerprint density at radius 2 is 1.92 bits per heavy atom. The fourth-order valence-corrected chi connectivity index (χ4v) is 3.72. The fourth-order valence-electron chi connectivity index (χ4n) is 3.60. The zero-order valence-corrected chi connectivity index (χ0v) is 15.0. The van der Waals surface area contributed by atoms with Crippen LogP contribution in [0.2, 0.25) is 5.02 Å². The lowest BCUT2D eigenvalue weighted by Crippen LogP contribution is -2.06. The van der Waals surface area contributed by atoms with Crippen molar-refractivity contribution in [2.24, 2.45) is 5.92 Å². The Labute approximate surface area is 153 Å². The lowest BCUT2D eigenvalue weighted by molar-refractivity contribution is 0.411. The molecule has 4 rings (SSSR count). The maximum absolute atomic E-state index is 6.09. The number of methoxy groups -OCH3 is 1. The Hall–Kier alpha value is -2.26. The summed E-state index contributed by atoms with van der Waals surface area (Å²) in [7, 11) is 1.69. The van der Waals surface area contributed by atoms with E-state index in [-0.39, 0.29) is 0 Å². The molecule has 0 saturated carbocycles. The first-order chi connectivity index (χ1) is 12.2. The summed E-state index contributed by atoms with van der Waals surface area (Å²) in [4.78, 5) is 0. The number of hydrogen-bond acceptors (Lipinski definition) is 2.